The van der Waals surface area contributed by atoms with Gasteiger partial charge in [-0.05, 0) is 61.3 Å². The SMILES string of the molecule is CC1CCC(C(=O)O)C(Cc2cc(F)cc(Br)c2)C1. The van der Waals surface area contributed by atoms with Crippen LogP contribution in [0.5, 0.6) is 0 Å². The molecule has 0 heterocycles. The van der Waals surface area contributed by atoms with E-state index in [2.05, 4.69) is 22.9 Å². The second kappa shape index (κ2) is 6.04. The average Bonchev–Trinajstić information content (AvgIpc) is 2.26. The lowest BCUT2D eigenvalue weighted by atomic mass is 9.72. The van der Waals surface area contributed by atoms with E-state index in [4.69, 9.17) is 0 Å². The highest BCUT2D eigenvalue weighted by molar-refractivity contribution is 9.10. The summed E-state index contributed by atoms with van der Waals surface area (Å²) in [7, 11) is 0. The van der Waals surface area contributed by atoms with Gasteiger partial charge in [0.25, 0.3) is 0 Å². The van der Waals surface area contributed by atoms with E-state index in [-0.39, 0.29) is 17.7 Å². The van der Waals surface area contributed by atoms with E-state index in [1.54, 1.807) is 0 Å². The lowest BCUT2D eigenvalue weighted by molar-refractivity contribution is -0.145. The average molecular weight is 329 g/mol. The molecule has 4 heteroatoms. The molecule has 0 aliphatic heterocycles. The predicted molar refractivity (Wildman–Crippen MR) is 75.4 cm³/mol. The van der Waals surface area contributed by atoms with Crippen LogP contribution in [0.1, 0.15) is 31.7 Å². The van der Waals surface area contributed by atoms with Gasteiger partial charge >= 0.3 is 5.97 Å². The molecule has 1 saturated carbocycles. The van der Waals surface area contributed by atoms with Crippen molar-refractivity contribution in [2.45, 2.75) is 32.6 Å². The summed E-state index contributed by atoms with van der Waals surface area (Å²) in [6, 6.07) is 4.80. The lowest BCUT2D eigenvalue weighted by Gasteiger charge is -2.32. The van der Waals surface area contributed by atoms with E-state index in [0.29, 0.717) is 16.8 Å². The second-order valence-corrected chi connectivity index (χ2v) is 6.52. The number of halogens is 2. The fourth-order valence-electron chi connectivity index (χ4n) is 3.08. The van der Waals surface area contributed by atoms with Crippen molar-refractivity contribution in [3.05, 3.63) is 34.1 Å². The first-order chi connectivity index (χ1) is 8.95. The normalized spacial score (nSPS) is 27.2. The molecule has 0 radical (unpaired) electrons. The molecule has 1 aromatic carbocycles. The first-order valence-corrected chi connectivity index (χ1v) is 7.42. The van der Waals surface area contributed by atoms with Crippen molar-refractivity contribution in [3.63, 3.8) is 0 Å². The molecule has 0 saturated heterocycles. The number of rotatable bonds is 3. The standard InChI is InChI=1S/C15H18BrFO2/c1-9-2-3-14(15(18)19)11(4-9)5-10-6-12(16)8-13(17)7-10/h6-9,11,14H,2-5H2,1H3,(H,18,19). The van der Waals surface area contributed by atoms with Crippen LogP contribution < -0.4 is 0 Å². The molecule has 0 bridgehead atoms. The highest BCUT2D eigenvalue weighted by Crippen LogP contribution is 2.36. The number of carboxylic acid groups (broad SMARTS) is 1. The van der Waals surface area contributed by atoms with Gasteiger partial charge < -0.3 is 5.11 Å². The maximum atomic E-state index is 13.4. The van der Waals surface area contributed by atoms with E-state index in [0.717, 1.165) is 24.8 Å². The quantitative estimate of drug-likeness (QED) is 0.899. The van der Waals surface area contributed by atoms with Gasteiger partial charge in [-0.3, -0.25) is 4.79 Å². The Morgan fingerprint density at radius 3 is 2.79 bits per heavy atom. The molecule has 1 N–H and O–H groups in total. The molecule has 19 heavy (non-hydrogen) atoms. The minimum atomic E-state index is -0.715. The largest absolute Gasteiger partial charge is 0.481 e. The molecule has 3 unspecified atom stereocenters. The second-order valence-electron chi connectivity index (χ2n) is 5.60. The zero-order valence-electron chi connectivity index (χ0n) is 10.9. The van der Waals surface area contributed by atoms with Gasteiger partial charge in [0, 0.05) is 4.47 Å². The summed E-state index contributed by atoms with van der Waals surface area (Å²) in [5.74, 6) is -0.627. The molecule has 2 nitrogen and oxygen atoms in total. The van der Waals surface area contributed by atoms with Crippen LogP contribution in [0.3, 0.4) is 0 Å². The Bertz CT molecular complexity index is 455. The van der Waals surface area contributed by atoms with E-state index >= 15 is 0 Å². The van der Waals surface area contributed by atoms with Crippen molar-refractivity contribution in [1.29, 1.82) is 0 Å². The zero-order valence-corrected chi connectivity index (χ0v) is 12.5. The Labute approximate surface area is 121 Å². The summed E-state index contributed by atoms with van der Waals surface area (Å²) in [4.78, 5) is 11.3. The van der Waals surface area contributed by atoms with E-state index < -0.39 is 5.97 Å². The molecule has 3 atom stereocenters. The molecule has 0 amide bonds. The number of aliphatic carboxylic acids is 1. The van der Waals surface area contributed by atoms with Crippen LogP contribution >= 0.6 is 15.9 Å². The zero-order chi connectivity index (χ0) is 14.0. The van der Waals surface area contributed by atoms with Gasteiger partial charge in [0.05, 0.1) is 5.92 Å². The Hall–Kier alpha value is -0.900. The van der Waals surface area contributed by atoms with Gasteiger partial charge in [-0.1, -0.05) is 22.9 Å². The van der Waals surface area contributed by atoms with Crippen LogP contribution in [0.4, 0.5) is 4.39 Å². The van der Waals surface area contributed by atoms with Crippen LogP contribution in [0, 0.1) is 23.6 Å². The fourth-order valence-corrected chi connectivity index (χ4v) is 3.59. The van der Waals surface area contributed by atoms with Crippen molar-refractivity contribution in [3.8, 4) is 0 Å². The third-order valence-corrected chi connectivity index (χ3v) is 4.44. The van der Waals surface area contributed by atoms with Crippen LogP contribution in [-0.4, -0.2) is 11.1 Å². The summed E-state index contributed by atoms with van der Waals surface area (Å²) in [6.45, 7) is 2.16. The number of carbonyl (C=O) groups is 1. The van der Waals surface area contributed by atoms with E-state index in [1.165, 1.54) is 12.1 Å². The molecule has 1 aromatic rings. The number of carboxylic acids is 1. The van der Waals surface area contributed by atoms with Gasteiger partial charge in [0.2, 0.25) is 0 Å². The minimum Gasteiger partial charge on any atom is -0.481 e. The molecule has 1 fully saturated rings. The van der Waals surface area contributed by atoms with Gasteiger partial charge in [0.15, 0.2) is 0 Å². The van der Waals surface area contributed by atoms with Crippen molar-refractivity contribution in [2.75, 3.05) is 0 Å². The maximum Gasteiger partial charge on any atom is 0.306 e. The molecular weight excluding hydrogens is 311 g/mol. The molecule has 1 aliphatic carbocycles. The Balaban J connectivity index is 2.16. The first-order valence-electron chi connectivity index (χ1n) is 6.63. The topological polar surface area (TPSA) is 37.3 Å². The number of hydrogen-bond donors (Lipinski definition) is 1. The van der Waals surface area contributed by atoms with Crippen molar-refractivity contribution < 1.29 is 14.3 Å². The molecule has 0 spiro atoms. The van der Waals surface area contributed by atoms with Gasteiger partial charge in [-0.2, -0.15) is 0 Å². The maximum absolute atomic E-state index is 13.4. The number of benzene rings is 1. The van der Waals surface area contributed by atoms with Crippen LogP contribution in [0.15, 0.2) is 22.7 Å². The van der Waals surface area contributed by atoms with Crippen molar-refractivity contribution >= 4 is 21.9 Å². The molecular formula is C15H18BrFO2. The van der Waals surface area contributed by atoms with E-state index in [9.17, 15) is 14.3 Å². The smallest absolute Gasteiger partial charge is 0.306 e. The lowest BCUT2D eigenvalue weighted by Crippen LogP contribution is -2.31. The Kier molecular flexibility index (Phi) is 4.61. The highest BCUT2D eigenvalue weighted by Gasteiger charge is 2.33. The summed E-state index contributed by atoms with van der Waals surface area (Å²) < 4.78 is 14.1. The molecule has 2 rings (SSSR count). The predicted octanol–water partition coefficient (Wildman–Crippen LogP) is 4.27. The van der Waals surface area contributed by atoms with Crippen molar-refractivity contribution in [1.82, 2.24) is 0 Å². The first kappa shape index (κ1) is 14.5. The summed E-state index contributed by atoms with van der Waals surface area (Å²) >= 11 is 3.28. The van der Waals surface area contributed by atoms with E-state index in [1.807, 2.05) is 6.07 Å². The number of hydrogen-bond acceptors (Lipinski definition) is 1. The summed E-state index contributed by atoms with van der Waals surface area (Å²) in [6.07, 6.45) is 3.25. The monoisotopic (exact) mass is 328 g/mol. The highest BCUT2D eigenvalue weighted by atomic mass is 79.9. The van der Waals surface area contributed by atoms with Crippen LogP contribution in [-0.2, 0) is 11.2 Å². The van der Waals surface area contributed by atoms with Crippen LogP contribution in [0.2, 0.25) is 0 Å². The minimum absolute atomic E-state index is 0.106. The molecule has 1 aliphatic rings. The van der Waals surface area contributed by atoms with Gasteiger partial charge in [-0.15, -0.1) is 0 Å². The van der Waals surface area contributed by atoms with Crippen molar-refractivity contribution in [2.24, 2.45) is 17.8 Å². The Morgan fingerprint density at radius 2 is 2.16 bits per heavy atom. The molecule has 0 aromatic heterocycles. The summed E-state index contributed by atoms with van der Waals surface area (Å²) in [5, 5.41) is 9.30. The molecule has 104 valence electrons. The van der Waals surface area contributed by atoms with Gasteiger partial charge in [0.1, 0.15) is 5.82 Å². The van der Waals surface area contributed by atoms with Gasteiger partial charge in [-0.25, -0.2) is 4.39 Å². The fraction of sp³-hybridized carbons (Fsp3) is 0.533. The third kappa shape index (κ3) is 3.78. The third-order valence-electron chi connectivity index (χ3n) is 3.98. The summed E-state index contributed by atoms with van der Waals surface area (Å²) in [5.41, 5.74) is 0.872. The Morgan fingerprint density at radius 1 is 1.42 bits per heavy atom. The van der Waals surface area contributed by atoms with Crippen LogP contribution in [0.25, 0.3) is 0 Å².